The fourth-order valence-corrected chi connectivity index (χ4v) is 5.34. The van der Waals surface area contributed by atoms with Crippen LogP contribution in [0.1, 0.15) is 67.7 Å². The second-order valence-corrected chi connectivity index (χ2v) is 8.83. The van der Waals surface area contributed by atoms with E-state index in [-0.39, 0.29) is 5.54 Å². The van der Waals surface area contributed by atoms with Crippen molar-refractivity contribution in [2.75, 3.05) is 0 Å². The smallest absolute Gasteiger partial charge is 0.0352 e. The van der Waals surface area contributed by atoms with Crippen LogP contribution >= 0.6 is 0 Å². The van der Waals surface area contributed by atoms with Crippen molar-refractivity contribution in [3.05, 3.63) is 35.1 Å². The van der Waals surface area contributed by atoms with Gasteiger partial charge in [-0.05, 0) is 62.5 Å². The molecule has 0 N–H and O–H groups in total. The van der Waals surface area contributed by atoms with E-state index in [2.05, 4.69) is 71.6 Å². The Kier molecular flexibility index (Phi) is 3.62. The maximum absolute atomic E-state index is 2.79. The van der Waals surface area contributed by atoms with Gasteiger partial charge in [0.15, 0.2) is 0 Å². The van der Waals surface area contributed by atoms with Gasteiger partial charge in [-0.3, -0.25) is 0 Å². The molecule has 3 unspecified atom stereocenters. The lowest BCUT2D eigenvalue weighted by Crippen LogP contribution is -2.46. The SMILES string of the molecule is CCC1=C(N2C(C)C(C)(C)CC2(C)C)C2C=C(C=C1)C2CC. The molecule has 2 bridgehead atoms. The van der Waals surface area contributed by atoms with Crippen LogP contribution in [0.15, 0.2) is 35.1 Å². The molecule has 0 aromatic rings. The first-order valence-corrected chi connectivity index (χ1v) is 9.15. The van der Waals surface area contributed by atoms with Crippen LogP contribution in [0.3, 0.4) is 0 Å². The van der Waals surface area contributed by atoms with Gasteiger partial charge in [-0.15, -0.1) is 0 Å². The molecule has 22 heavy (non-hydrogen) atoms. The van der Waals surface area contributed by atoms with Crippen molar-refractivity contribution < 1.29 is 0 Å². The summed E-state index contributed by atoms with van der Waals surface area (Å²) in [7, 11) is 0. The van der Waals surface area contributed by atoms with E-state index in [9.17, 15) is 0 Å². The molecular weight excluding hydrogens is 266 g/mol. The molecule has 0 aromatic carbocycles. The van der Waals surface area contributed by atoms with Crippen molar-refractivity contribution in [1.82, 2.24) is 4.90 Å². The number of fused-ring (bicyclic) bond motifs is 1. The molecule has 1 saturated heterocycles. The van der Waals surface area contributed by atoms with Gasteiger partial charge >= 0.3 is 0 Å². The number of nitrogens with zero attached hydrogens (tertiary/aromatic N) is 1. The van der Waals surface area contributed by atoms with Gasteiger partial charge in [-0.2, -0.15) is 0 Å². The monoisotopic (exact) mass is 299 g/mol. The maximum atomic E-state index is 2.79. The molecule has 1 nitrogen and oxygen atoms in total. The summed E-state index contributed by atoms with van der Waals surface area (Å²) in [6.07, 6.45) is 11.0. The Bertz CT molecular complexity index is 558. The number of rotatable bonds is 3. The number of hydrogen-bond donors (Lipinski definition) is 0. The van der Waals surface area contributed by atoms with Crippen LogP contribution in [-0.2, 0) is 0 Å². The summed E-state index contributed by atoms with van der Waals surface area (Å²) in [4.78, 5) is 2.79. The number of likely N-dealkylation sites (tertiary alicyclic amines) is 1. The Morgan fingerprint density at radius 2 is 1.82 bits per heavy atom. The molecule has 0 saturated carbocycles. The van der Waals surface area contributed by atoms with Gasteiger partial charge in [0.05, 0.1) is 0 Å². The van der Waals surface area contributed by atoms with Gasteiger partial charge in [0, 0.05) is 23.2 Å². The first-order valence-electron chi connectivity index (χ1n) is 9.15. The van der Waals surface area contributed by atoms with Crippen molar-refractivity contribution in [3.8, 4) is 0 Å². The van der Waals surface area contributed by atoms with Gasteiger partial charge in [0.1, 0.15) is 0 Å². The van der Waals surface area contributed by atoms with Crippen LogP contribution in [-0.4, -0.2) is 16.5 Å². The third-order valence-electron chi connectivity index (χ3n) is 6.49. The Balaban J connectivity index is 2.10. The predicted octanol–water partition coefficient (Wildman–Crippen LogP) is 5.70. The summed E-state index contributed by atoms with van der Waals surface area (Å²) in [5, 5.41) is 0. The molecule has 4 rings (SSSR count). The lowest BCUT2D eigenvalue weighted by molar-refractivity contribution is 0.144. The first-order chi connectivity index (χ1) is 10.2. The van der Waals surface area contributed by atoms with E-state index < -0.39 is 0 Å². The normalized spacial score (nSPS) is 35.3. The van der Waals surface area contributed by atoms with E-state index in [0.717, 1.165) is 12.3 Å². The summed E-state index contributed by atoms with van der Waals surface area (Å²) < 4.78 is 0. The Hall–Kier alpha value is -0.980. The summed E-state index contributed by atoms with van der Waals surface area (Å²) in [5.41, 5.74) is 5.39. The quantitative estimate of drug-likeness (QED) is 0.646. The topological polar surface area (TPSA) is 3.24 Å². The molecule has 1 aliphatic heterocycles. The fraction of sp³-hybridized carbons (Fsp3) is 0.714. The first kappa shape index (κ1) is 15.9. The van der Waals surface area contributed by atoms with Gasteiger partial charge in [-0.25, -0.2) is 0 Å². The van der Waals surface area contributed by atoms with Crippen molar-refractivity contribution >= 4 is 0 Å². The summed E-state index contributed by atoms with van der Waals surface area (Å²) in [5.74, 6) is 1.38. The maximum Gasteiger partial charge on any atom is 0.0352 e. The van der Waals surface area contributed by atoms with Crippen LogP contribution in [0.25, 0.3) is 0 Å². The van der Waals surface area contributed by atoms with Crippen molar-refractivity contribution in [3.63, 3.8) is 0 Å². The number of allylic oxidation sites excluding steroid dienone is 5. The lowest BCUT2D eigenvalue weighted by Gasteiger charge is -2.46. The van der Waals surface area contributed by atoms with E-state index in [1.54, 1.807) is 16.8 Å². The van der Waals surface area contributed by atoms with Crippen LogP contribution in [0, 0.1) is 17.3 Å². The lowest BCUT2D eigenvalue weighted by atomic mass is 9.71. The molecule has 1 fully saturated rings. The number of hydrogen-bond acceptors (Lipinski definition) is 1. The van der Waals surface area contributed by atoms with Crippen LogP contribution in [0.4, 0.5) is 0 Å². The van der Waals surface area contributed by atoms with E-state index in [1.807, 2.05) is 0 Å². The fourth-order valence-electron chi connectivity index (χ4n) is 5.34. The van der Waals surface area contributed by atoms with E-state index >= 15 is 0 Å². The molecular formula is C21H33N. The van der Waals surface area contributed by atoms with E-state index in [4.69, 9.17) is 0 Å². The zero-order valence-electron chi connectivity index (χ0n) is 15.5. The molecule has 1 heterocycles. The molecule has 3 aliphatic carbocycles. The zero-order chi connectivity index (χ0) is 16.3. The third kappa shape index (κ3) is 2.12. The minimum atomic E-state index is 0.249. The second kappa shape index (κ2) is 5.01. The molecule has 0 radical (unpaired) electrons. The highest BCUT2D eigenvalue weighted by atomic mass is 15.3. The van der Waals surface area contributed by atoms with Crippen LogP contribution < -0.4 is 0 Å². The minimum Gasteiger partial charge on any atom is -0.366 e. The molecule has 122 valence electrons. The highest BCUT2D eigenvalue weighted by molar-refractivity contribution is 5.48. The summed E-state index contributed by atoms with van der Waals surface area (Å²) in [6.45, 7) is 16.9. The highest BCUT2D eigenvalue weighted by Gasteiger charge is 2.52. The van der Waals surface area contributed by atoms with Crippen molar-refractivity contribution in [2.24, 2.45) is 17.3 Å². The van der Waals surface area contributed by atoms with E-state index in [1.165, 1.54) is 12.8 Å². The Morgan fingerprint density at radius 3 is 2.32 bits per heavy atom. The average Bonchev–Trinajstić information content (AvgIpc) is 2.57. The minimum absolute atomic E-state index is 0.249. The standard InChI is InChI=1S/C21H33N/c1-8-15-10-11-16-12-18(17(16)9-2)19(15)22-14(3)20(4,5)13-21(22,6)7/h10-12,14,17-18H,8-9,13H2,1-7H3. The van der Waals surface area contributed by atoms with Gasteiger partial charge in [0.25, 0.3) is 0 Å². The molecule has 0 aromatic heterocycles. The van der Waals surface area contributed by atoms with Gasteiger partial charge < -0.3 is 4.90 Å². The molecule has 0 amide bonds. The summed E-state index contributed by atoms with van der Waals surface area (Å²) in [6, 6.07) is 0.598. The van der Waals surface area contributed by atoms with E-state index in [0.29, 0.717) is 17.4 Å². The second-order valence-electron chi connectivity index (χ2n) is 8.83. The summed E-state index contributed by atoms with van der Waals surface area (Å²) >= 11 is 0. The zero-order valence-corrected chi connectivity index (χ0v) is 15.5. The van der Waals surface area contributed by atoms with Crippen LogP contribution in [0.2, 0.25) is 0 Å². The molecule has 1 heteroatoms. The van der Waals surface area contributed by atoms with Crippen molar-refractivity contribution in [1.29, 1.82) is 0 Å². The van der Waals surface area contributed by atoms with Crippen LogP contribution in [0.5, 0.6) is 0 Å². The molecule has 0 spiro atoms. The van der Waals surface area contributed by atoms with Gasteiger partial charge in [-0.1, -0.05) is 45.9 Å². The largest absolute Gasteiger partial charge is 0.366 e. The Morgan fingerprint density at radius 1 is 1.14 bits per heavy atom. The highest BCUT2D eigenvalue weighted by Crippen LogP contribution is 2.54. The van der Waals surface area contributed by atoms with Gasteiger partial charge in [0.2, 0.25) is 0 Å². The average molecular weight is 300 g/mol. The van der Waals surface area contributed by atoms with Crippen molar-refractivity contribution in [2.45, 2.75) is 79.3 Å². The Labute approximate surface area is 137 Å². The predicted molar refractivity (Wildman–Crippen MR) is 95.6 cm³/mol. The third-order valence-corrected chi connectivity index (χ3v) is 6.49. The molecule has 4 aliphatic rings. The molecule has 3 atom stereocenters.